The van der Waals surface area contributed by atoms with Crippen LogP contribution in [0.5, 0.6) is 0 Å². The number of allylic oxidation sites excluding steroid dienone is 4. The molecular formula is C7H7BrO. The van der Waals surface area contributed by atoms with Gasteiger partial charge in [-0.25, -0.2) is 0 Å². The molecule has 0 N–H and O–H groups in total. The molecule has 48 valence electrons. The topological polar surface area (TPSA) is 17.1 Å². The van der Waals surface area contributed by atoms with Crippen LogP contribution in [-0.2, 0) is 4.79 Å². The molecule has 0 amide bonds. The van der Waals surface area contributed by atoms with E-state index >= 15 is 0 Å². The number of hydrogen-bond donors (Lipinski definition) is 0. The third-order valence-corrected chi connectivity index (χ3v) is 0.924. The van der Waals surface area contributed by atoms with Gasteiger partial charge in [0.2, 0.25) is 0 Å². The second kappa shape index (κ2) is 4.27. The maximum Gasteiger partial charge on any atom is 0.150 e. The highest BCUT2D eigenvalue weighted by Gasteiger charge is 1.85. The lowest BCUT2D eigenvalue weighted by Crippen LogP contribution is -1.75. The van der Waals surface area contributed by atoms with Crippen molar-refractivity contribution in [3.05, 3.63) is 35.4 Å². The van der Waals surface area contributed by atoms with Crippen LogP contribution in [0.15, 0.2) is 35.4 Å². The first-order valence-corrected chi connectivity index (χ1v) is 3.13. The Labute approximate surface area is 62.9 Å². The Morgan fingerprint density at radius 2 is 2.11 bits per heavy atom. The molecule has 0 saturated heterocycles. The lowest BCUT2D eigenvalue weighted by atomic mass is 10.3. The van der Waals surface area contributed by atoms with Crippen LogP contribution in [0.3, 0.4) is 0 Å². The SMILES string of the molecule is C=C/C(C=O)=C\C(=C)Br. The summed E-state index contributed by atoms with van der Waals surface area (Å²) in [5.74, 6) is 0. The minimum atomic E-state index is 0.525. The van der Waals surface area contributed by atoms with Crippen LogP contribution in [-0.4, -0.2) is 6.29 Å². The molecule has 0 aromatic carbocycles. The molecule has 0 fully saturated rings. The normalized spacial score (nSPS) is 10.6. The number of aldehydes is 1. The van der Waals surface area contributed by atoms with Gasteiger partial charge >= 0.3 is 0 Å². The van der Waals surface area contributed by atoms with E-state index in [2.05, 4.69) is 29.1 Å². The lowest BCUT2D eigenvalue weighted by Gasteiger charge is -1.85. The Balaban J connectivity index is 4.24. The molecule has 0 saturated carbocycles. The van der Waals surface area contributed by atoms with Gasteiger partial charge in [0.15, 0.2) is 0 Å². The number of carbonyl (C=O) groups is 1. The molecule has 0 aliphatic carbocycles. The highest BCUT2D eigenvalue weighted by atomic mass is 79.9. The van der Waals surface area contributed by atoms with E-state index in [1.807, 2.05) is 0 Å². The summed E-state index contributed by atoms with van der Waals surface area (Å²) in [6.45, 7) is 6.95. The van der Waals surface area contributed by atoms with Gasteiger partial charge in [-0.05, 0) is 6.08 Å². The van der Waals surface area contributed by atoms with Crippen molar-refractivity contribution in [3.63, 3.8) is 0 Å². The molecule has 0 bridgehead atoms. The van der Waals surface area contributed by atoms with Crippen molar-refractivity contribution in [1.29, 1.82) is 0 Å². The average molecular weight is 187 g/mol. The van der Waals surface area contributed by atoms with E-state index in [1.54, 1.807) is 6.08 Å². The molecule has 0 aromatic rings. The van der Waals surface area contributed by atoms with Crippen molar-refractivity contribution >= 4 is 22.2 Å². The summed E-state index contributed by atoms with van der Waals surface area (Å²) in [6, 6.07) is 0. The first-order valence-electron chi connectivity index (χ1n) is 2.34. The van der Waals surface area contributed by atoms with E-state index in [0.29, 0.717) is 10.1 Å². The van der Waals surface area contributed by atoms with Crippen LogP contribution in [0.2, 0.25) is 0 Å². The van der Waals surface area contributed by atoms with Gasteiger partial charge in [0.05, 0.1) is 0 Å². The van der Waals surface area contributed by atoms with E-state index in [0.717, 1.165) is 6.29 Å². The zero-order chi connectivity index (χ0) is 7.28. The van der Waals surface area contributed by atoms with Crippen molar-refractivity contribution in [2.45, 2.75) is 0 Å². The zero-order valence-electron chi connectivity index (χ0n) is 4.93. The van der Waals surface area contributed by atoms with Gasteiger partial charge in [0, 0.05) is 10.1 Å². The predicted octanol–water partition coefficient (Wildman–Crippen LogP) is 2.21. The monoisotopic (exact) mass is 186 g/mol. The first kappa shape index (κ1) is 8.37. The van der Waals surface area contributed by atoms with Crippen molar-refractivity contribution < 1.29 is 4.79 Å². The number of carbonyl (C=O) groups excluding carboxylic acids is 1. The fraction of sp³-hybridized carbons (Fsp3) is 0. The van der Waals surface area contributed by atoms with E-state index < -0.39 is 0 Å². The minimum absolute atomic E-state index is 0.525. The number of halogens is 1. The molecule has 0 spiro atoms. The van der Waals surface area contributed by atoms with Gasteiger partial charge in [-0.3, -0.25) is 4.79 Å². The van der Waals surface area contributed by atoms with Crippen LogP contribution >= 0.6 is 15.9 Å². The molecule has 0 radical (unpaired) electrons. The Bertz CT molecular complexity index is 158. The molecule has 0 atom stereocenters. The van der Waals surface area contributed by atoms with Crippen molar-refractivity contribution in [2.24, 2.45) is 0 Å². The Morgan fingerprint density at radius 3 is 2.22 bits per heavy atom. The summed E-state index contributed by atoms with van der Waals surface area (Å²) in [7, 11) is 0. The van der Waals surface area contributed by atoms with Gasteiger partial charge in [-0.15, -0.1) is 0 Å². The molecule has 0 aliphatic heterocycles. The maximum absolute atomic E-state index is 10.1. The fourth-order valence-corrected chi connectivity index (χ4v) is 0.586. The van der Waals surface area contributed by atoms with E-state index in [1.165, 1.54) is 6.08 Å². The molecule has 0 aliphatic rings. The molecule has 0 heterocycles. The first-order chi connectivity index (χ1) is 4.20. The number of rotatable bonds is 3. The largest absolute Gasteiger partial charge is 0.298 e. The van der Waals surface area contributed by atoms with Crippen molar-refractivity contribution in [1.82, 2.24) is 0 Å². The fourth-order valence-electron chi connectivity index (χ4n) is 0.322. The highest BCUT2D eigenvalue weighted by Crippen LogP contribution is 2.05. The predicted molar refractivity (Wildman–Crippen MR) is 42.4 cm³/mol. The summed E-state index contributed by atoms with van der Waals surface area (Å²) >= 11 is 3.08. The summed E-state index contributed by atoms with van der Waals surface area (Å²) in [5, 5.41) is 0. The van der Waals surface area contributed by atoms with E-state index in [-0.39, 0.29) is 0 Å². The van der Waals surface area contributed by atoms with Crippen molar-refractivity contribution in [2.75, 3.05) is 0 Å². The van der Waals surface area contributed by atoms with Crippen molar-refractivity contribution in [3.8, 4) is 0 Å². The standard InChI is InChI=1S/C7H7BrO/c1-3-7(5-9)4-6(2)8/h3-5H,1-2H2/b7-4+. The molecule has 0 unspecified atom stereocenters. The van der Waals surface area contributed by atoms with Gasteiger partial charge in [-0.1, -0.05) is 35.2 Å². The summed E-state index contributed by atoms with van der Waals surface area (Å²) in [5.41, 5.74) is 0.525. The van der Waals surface area contributed by atoms with Gasteiger partial charge in [0.25, 0.3) is 0 Å². The minimum Gasteiger partial charge on any atom is -0.298 e. The number of hydrogen-bond acceptors (Lipinski definition) is 1. The summed E-state index contributed by atoms with van der Waals surface area (Å²) in [4.78, 5) is 10.1. The molecule has 0 rings (SSSR count). The van der Waals surface area contributed by atoms with E-state index in [9.17, 15) is 4.79 Å². The van der Waals surface area contributed by atoms with E-state index in [4.69, 9.17) is 0 Å². The molecule has 1 nitrogen and oxygen atoms in total. The Morgan fingerprint density at radius 1 is 1.56 bits per heavy atom. The van der Waals surface area contributed by atoms with Crippen LogP contribution in [0.25, 0.3) is 0 Å². The molecule has 9 heavy (non-hydrogen) atoms. The van der Waals surface area contributed by atoms with Crippen LogP contribution in [0.1, 0.15) is 0 Å². The summed E-state index contributed by atoms with van der Waals surface area (Å²) < 4.78 is 0.671. The van der Waals surface area contributed by atoms with Crippen LogP contribution < -0.4 is 0 Å². The quantitative estimate of drug-likeness (QED) is 0.376. The van der Waals surface area contributed by atoms with Gasteiger partial charge in [0.1, 0.15) is 6.29 Å². The maximum atomic E-state index is 10.1. The Hall–Kier alpha value is -0.630. The average Bonchev–Trinajstić information content (AvgIpc) is 1.82. The third-order valence-electron chi connectivity index (χ3n) is 0.695. The second-order valence-corrected chi connectivity index (χ2v) is 2.43. The van der Waals surface area contributed by atoms with Crippen LogP contribution in [0, 0.1) is 0 Å². The third kappa shape index (κ3) is 3.91. The lowest BCUT2D eigenvalue weighted by molar-refractivity contribution is -0.104. The zero-order valence-corrected chi connectivity index (χ0v) is 6.52. The smallest absolute Gasteiger partial charge is 0.150 e. The molecule has 0 aromatic heterocycles. The van der Waals surface area contributed by atoms with Gasteiger partial charge < -0.3 is 0 Å². The van der Waals surface area contributed by atoms with Crippen LogP contribution in [0.4, 0.5) is 0 Å². The Kier molecular flexibility index (Phi) is 3.97. The molecule has 2 heteroatoms. The summed E-state index contributed by atoms with van der Waals surface area (Å²) in [6.07, 6.45) is 3.79. The highest BCUT2D eigenvalue weighted by molar-refractivity contribution is 9.11. The molecular weight excluding hydrogens is 180 g/mol. The second-order valence-electron chi connectivity index (χ2n) is 1.41. The van der Waals surface area contributed by atoms with Gasteiger partial charge in [-0.2, -0.15) is 0 Å².